The molecular formula is C15H15N3O4. The second-order valence-electron chi connectivity index (χ2n) is 4.75. The molecule has 2 rings (SSSR count). The van der Waals surface area contributed by atoms with Gasteiger partial charge in [0, 0.05) is 12.2 Å². The van der Waals surface area contributed by atoms with Crippen molar-refractivity contribution in [1.82, 2.24) is 0 Å². The number of nitrogens with zero attached hydrogens (tertiary/aromatic N) is 3. The van der Waals surface area contributed by atoms with E-state index in [0.29, 0.717) is 12.2 Å². The Morgan fingerprint density at radius 2 is 1.36 bits per heavy atom. The summed E-state index contributed by atoms with van der Waals surface area (Å²) in [5.41, 5.74) is 1.64. The fourth-order valence-electron chi connectivity index (χ4n) is 2.11. The topological polar surface area (TPSA) is 89.5 Å². The van der Waals surface area contributed by atoms with Gasteiger partial charge < -0.3 is 4.90 Å². The molecule has 0 radical (unpaired) electrons. The minimum Gasteiger partial charge on any atom is -0.354 e. The van der Waals surface area contributed by atoms with Gasteiger partial charge in [-0.2, -0.15) is 0 Å². The van der Waals surface area contributed by atoms with Gasteiger partial charge in [0.1, 0.15) is 0 Å². The SMILES string of the molecule is O=[N+]([O-])C(CN(Cc1ccccc1)c1ccccc1)[N+](=O)[O-]. The van der Waals surface area contributed by atoms with Crippen LogP contribution in [-0.2, 0) is 6.54 Å². The largest absolute Gasteiger partial charge is 0.467 e. The molecule has 7 nitrogen and oxygen atoms in total. The average Bonchev–Trinajstić information content (AvgIpc) is 2.52. The molecule has 0 saturated heterocycles. The highest BCUT2D eigenvalue weighted by Crippen LogP contribution is 2.17. The summed E-state index contributed by atoms with van der Waals surface area (Å²) in [5.74, 6) is 0. The number of hydrogen-bond donors (Lipinski definition) is 0. The van der Waals surface area contributed by atoms with Crippen LogP contribution in [0, 0.1) is 20.2 Å². The van der Waals surface area contributed by atoms with Crippen molar-refractivity contribution in [1.29, 1.82) is 0 Å². The van der Waals surface area contributed by atoms with E-state index in [1.807, 2.05) is 36.4 Å². The smallest absolute Gasteiger partial charge is 0.354 e. The Morgan fingerprint density at radius 1 is 0.864 bits per heavy atom. The monoisotopic (exact) mass is 301 g/mol. The van der Waals surface area contributed by atoms with E-state index in [9.17, 15) is 20.2 Å². The van der Waals surface area contributed by atoms with E-state index in [-0.39, 0.29) is 6.54 Å². The quantitative estimate of drug-likeness (QED) is 0.445. The summed E-state index contributed by atoms with van der Waals surface area (Å²) >= 11 is 0. The van der Waals surface area contributed by atoms with Gasteiger partial charge in [-0.15, -0.1) is 0 Å². The normalized spacial score (nSPS) is 10.4. The van der Waals surface area contributed by atoms with Gasteiger partial charge in [0.05, 0.1) is 9.85 Å². The van der Waals surface area contributed by atoms with Crippen LogP contribution in [0.3, 0.4) is 0 Å². The summed E-state index contributed by atoms with van der Waals surface area (Å²) in [4.78, 5) is 21.7. The molecule has 0 heterocycles. The Labute approximate surface area is 127 Å². The molecular weight excluding hydrogens is 286 g/mol. The van der Waals surface area contributed by atoms with Crippen LogP contribution in [0.1, 0.15) is 5.56 Å². The number of hydrogen-bond acceptors (Lipinski definition) is 5. The number of anilines is 1. The second-order valence-corrected chi connectivity index (χ2v) is 4.75. The Bertz CT molecular complexity index is 620. The van der Waals surface area contributed by atoms with E-state index in [2.05, 4.69) is 0 Å². The van der Waals surface area contributed by atoms with Crippen molar-refractivity contribution in [2.75, 3.05) is 11.4 Å². The molecule has 0 saturated carbocycles. The molecule has 22 heavy (non-hydrogen) atoms. The molecule has 0 atom stereocenters. The Hall–Kier alpha value is -2.96. The lowest BCUT2D eigenvalue weighted by atomic mass is 10.2. The van der Waals surface area contributed by atoms with E-state index in [0.717, 1.165) is 5.56 Å². The lowest BCUT2D eigenvalue weighted by molar-refractivity contribution is -0.738. The van der Waals surface area contributed by atoms with E-state index in [4.69, 9.17) is 0 Å². The van der Waals surface area contributed by atoms with Crippen molar-refractivity contribution >= 4 is 5.69 Å². The van der Waals surface area contributed by atoms with E-state index >= 15 is 0 Å². The predicted molar refractivity (Wildman–Crippen MR) is 81.7 cm³/mol. The van der Waals surface area contributed by atoms with Gasteiger partial charge in [-0.1, -0.05) is 48.5 Å². The van der Waals surface area contributed by atoms with E-state index in [1.54, 1.807) is 29.2 Å². The Kier molecular flexibility index (Phi) is 5.02. The molecule has 7 heteroatoms. The first kappa shape index (κ1) is 15.4. The fraction of sp³-hybridized carbons (Fsp3) is 0.200. The molecule has 0 spiro atoms. The zero-order valence-corrected chi connectivity index (χ0v) is 11.7. The van der Waals surface area contributed by atoms with Crippen LogP contribution in [0.2, 0.25) is 0 Å². The number of benzene rings is 2. The van der Waals surface area contributed by atoms with Gasteiger partial charge in [-0.25, -0.2) is 0 Å². The molecule has 114 valence electrons. The number of para-hydroxylation sites is 1. The predicted octanol–water partition coefficient (Wildman–Crippen LogP) is 2.57. The van der Waals surface area contributed by atoms with Crippen LogP contribution in [0.25, 0.3) is 0 Å². The molecule has 0 aliphatic carbocycles. The first-order valence-corrected chi connectivity index (χ1v) is 6.69. The molecule has 0 fully saturated rings. The van der Waals surface area contributed by atoms with Crippen LogP contribution in [-0.4, -0.2) is 22.6 Å². The summed E-state index contributed by atoms with van der Waals surface area (Å²) in [6.07, 6.45) is -1.86. The summed E-state index contributed by atoms with van der Waals surface area (Å²) in [6, 6.07) is 18.3. The summed E-state index contributed by atoms with van der Waals surface area (Å²) in [5, 5.41) is 21.8. The standard InChI is InChI=1S/C15H15N3O4/c19-17(20)15(18(21)22)12-16(14-9-5-2-6-10-14)11-13-7-3-1-4-8-13/h1-10,15H,11-12H2. The third-order valence-corrected chi connectivity index (χ3v) is 3.21. The molecule has 0 amide bonds. The third-order valence-electron chi connectivity index (χ3n) is 3.21. The van der Waals surface area contributed by atoms with Gasteiger partial charge in [-0.05, 0) is 17.7 Å². The maximum Gasteiger partial charge on any atom is 0.467 e. The summed E-state index contributed by atoms with van der Waals surface area (Å²) < 4.78 is 0. The molecule has 2 aromatic carbocycles. The minimum absolute atomic E-state index is 0.293. The van der Waals surface area contributed by atoms with Gasteiger partial charge in [0.25, 0.3) is 0 Å². The molecule has 0 aromatic heterocycles. The summed E-state index contributed by atoms with van der Waals surface area (Å²) in [7, 11) is 0. The molecule has 0 aliphatic heterocycles. The average molecular weight is 301 g/mol. The van der Waals surface area contributed by atoms with Gasteiger partial charge >= 0.3 is 6.17 Å². The van der Waals surface area contributed by atoms with E-state index in [1.165, 1.54) is 0 Å². The Balaban J connectivity index is 2.25. The lowest BCUT2D eigenvalue weighted by Gasteiger charge is -2.23. The number of nitro groups is 2. The highest BCUT2D eigenvalue weighted by atomic mass is 16.7. The van der Waals surface area contributed by atoms with Crippen LogP contribution in [0.15, 0.2) is 60.7 Å². The highest BCUT2D eigenvalue weighted by Gasteiger charge is 2.34. The van der Waals surface area contributed by atoms with Gasteiger partial charge in [0.2, 0.25) is 0 Å². The zero-order valence-electron chi connectivity index (χ0n) is 11.7. The first-order valence-electron chi connectivity index (χ1n) is 6.69. The maximum absolute atomic E-state index is 10.9. The van der Waals surface area contributed by atoms with Crippen molar-refractivity contribution in [2.45, 2.75) is 12.7 Å². The molecule has 2 aromatic rings. The number of rotatable bonds is 7. The van der Waals surface area contributed by atoms with Crippen molar-refractivity contribution in [3.05, 3.63) is 86.5 Å². The molecule has 0 N–H and O–H groups in total. The Morgan fingerprint density at radius 3 is 1.86 bits per heavy atom. The van der Waals surface area contributed by atoms with Crippen LogP contribution in [0.5, 0.6) is 0 Å². The minimum atomic E-state index is -1.86. The van der Waals surface area contributed by atoms with Crippen LogP contribution in [0.4, 0.5) is 5.69 Å². The highest BCUT2D eigenvalue weighted by molar-refractivity contribution is 5.46. The fourth-order valence-corrected chi connectivity index (χ4v) is 2.11. The van der Waals surface area contributed by atoms with Crippen LogP contribution >= 0.6 is 0 Å². The molecule has 0 bridgehead atoms. The van der Waals surface area contributed by atoms with Crippen molar-refractivity contribution in [2.24, 2.45) is 0 Å². The van der Waals surface area contributed by atoms with Crippen molar-refractivity contribution in [3.63, 3.8) is 0 Å². The second kappa shape index (κ2) is 7.16. The van der Waals surface area contributed by atoms with Gasteiger partial charge in [-0.3, -0.25) is 20.2 Å². The lowest BCUT2D eigenvalue weighted by Crippen LogP contribution is -2.41. The van der Waals surface area contributed by atoms with E-state index < -0.39 is 16.0 Å². The van der Waals surface area contributed by atoms with Crippen molar-refractivity contribution in [3.8, 4) is 0 Å². The zero-order chi connectivity index (χ0) is 15.9. The molecule has 0 aliphatic rings. The summed E-state index contributed by atoms with van der Waals surface area (Å²) in [6.45, 7) is 0.0714. The van der Waals surface area contributed by atoms with Gasteiger partial charge in [0.15, 0.2) is 6.54 Å². The maximum atomic E-state index is 10.9. The molecule has 0 unspecified atom stereocenters. The third kappa shape index (κ3) is 4.02. The first-order chi connectivity index (χ1) is 10.6. The van der Waals surface area contributed by atoms with Crippen molar-refractivity contribution < 1.29 is 9.85 Å². The van der Waals surface area contributed by atoms with Crippen LogP contribution < -0.4 is 4.90 Å².